The Kier molecular flexibility index (Phi) is 4.80. The predicted molar refractivity (Wildman–Crippen MR) is 84.7 cm³/mol. The van der Waals surface area contributed by atoms with Crippen molar-refractivity contribution < 1.29 is 14.3 Å². The Hall–Kier alpha value is -2.67. The lowest BCUT2D eigenvalue weighted by atomic mass is 9.96. The van der Waals surface area contributed by atoms with E-state index in [4.69, 9.17) is 0 Å². The van der Waals surface area contributed by atoms with Crippen molar-refractivity contribution in [3.8, 4) is 0 Å². The van der Waals surface area contributed by atoms with E-state index < -0.39 is 17.4 Å². The Labute approximate surface area is 132 Å². The summed E-state index contributed by atoms with van der Waals surface area (Å²) in [5.41, 5.74) is -0.983. The number of nitrogens with one attached hydrogen (secondary N) is 2. The van der Waals surface area contributed by atoms with Crippen LogP contribution in [0.2, 0.25) is 0 Å². The summed E-state index contributed by atoms with van der Waals surface area (Å²) in [6, 6.07) is 7.82. The summed E-state index contributed by atoms with van der Waals surface area (Å²) in [4.78, 5) is 23.3. The SMILES string of the molecule is Cn1ccc(NC(=O)NCC(C)(O)c2cccc(F)c2)cc1=O. The van der Waals surface area contributed by atoms with Crippen molar-refractivity contribution in [2.75, 3.05) is 11.9 Å². The van der Waals surface area contributed by atoms with Crippen LogP contribution >= 0.6 is 0 Å². The van der Waals surface area contributed by atoms with E-state index in [2.05, 4.69) is 10.6 Å². The summed E-state index contributed by atoms with van der Waals surface area (Å²) < 4.78 is 14.6. The molecular formula is C16H18FN3O3. The quantitative estimate of drug-likeness (QED) is 0.799. The first kappa shape index (κ1) is 16.7. The lowest BCUT2D eigenvalue weighted by Gasteiger charge is -2.24. The van der Waals surface area contributed by atoms with Gasteiger partial charge in [0.2, 0.25) is 0 Å². The zero-order valence-corrected chi connectivity index (χ0v) is 12.8. The molecule has 122 valence electrons. The molecule has 0 bridgehead atoms. The average Bonchev–Trinajstić information content (AvgIpc) is 2.49. The number of urea groups is 1. The van der Waals surface area contributed by atoms with Crippen LogP contribution in [0.15, 0.2) is 47.4 Å². The highest BCUT2D eigenvalue weighted by Crippen LogP contribution is 2.20. The molecule has 2 amide bonds. The number of benzene rings is 1. The van der Waals surface area contributed by atoms with Crippen molar-refractivity contribution in [1.82, 2.24) is 9.88 Å². The van der Waals surface area contributed by atoms with Crippen LogP contribution in [0.3, 0.4) is 0 Å². The topological polar surface area (TPSA) is 83.4 Å². The van der Waals surface area contributed by atoms with Crippen molar-refractivity contribution >= 4 is 11.7 Å². The van der Waals surface area contributed by atoms with Gasteiger partial charge in [-0.3, -0.25) is 4.79 Å². The maximum Gasteiger partial charge on any atom is 0.319 e. The van der Waals surface area contributed by atoms with Crippen LogP contribution in [0, 0.1) is 5.82 Å². The molecule has 6 nitrogen and oxygen atoms in total. The largest absolute Gasteiger partial charge is 0.384 e. The highest BCUT2D eigenvalue weighted by atomic mass is 19.1. The average molecular weight is 319 g/mol. The van der Waals surface area contributed by atoms with Crippen molar-refractivity contribution in [1.29, 1.82) is 0 Å². The van der Waals surface area contributed by atoms with Crippen LogP contribution in [0.4, 0.5) is 14.9 Å². The van der Waals surface area contributed by atoms with Crippen LogP contribution in [0.5, 0.6) is 0 Å². The fourth-order valence-corrected chi connectivity index (χ4v) is 1.98. The highest BCUT2D eigenvalue weighted by molar-refractivity contribution is 5.89. The Morgan fingerprint density at radius 2 is 2.09 bits per heavy atom. The summed E-state index contributed by atoms with van der Waals surface area (Å²) in [7, 11) is 1.60. The molecule has 23 heavy (non-hydrogen) atoms. The van der Waals surface area contributed by atoms with Gasteiger partial charge in [-0.05, 0) is 30.7 Å². The summed E-state index contributed by atoms with van der Waals surface area (Å²) in [6.07, 6.45) is 1.53. The Morgan fingerprint density at radius 3 is 2.74 bits per heavy atom. The van der Waals surface area contributed by atoms with E-state index in [1.54, 1.807) is 19.2 Å². The molecule has 7 heteroatoms. The summed E-state index contributed by atoms with van der Waals surface area (Å²) in [6.45, 7) is 1.35. The molecule has 0 aliphatic rings. The van der Waals surface area contributed by atoms with Crippen LogP contribution in [-0.4, -0.2) is 22.2 Å². The van der Waals surface area contributed by atoms with E-state index >= 15 is 0 Å². The smallest absolute Gasteiger partial charge is 0.319 e. The highest BCUT2D eigenvalue weighted by Gasteiger charge is 2.24. The minimum Gasteiger partial charge on any atom is -0.384 e. The molecule has 0 saturated heterocycles. The molecule has 3 N–H and O–H groups in total. The van der Waals surface area contributed by atoms with Crippen molar-refractivity contribution in [3.05, 3.63) is 64.3 Å². The number of aromatic nitrogens is 1. The number of halogens is 1. The standard InChI is InChI=1S/C16H18FN3O3/c1-16(23,11-4-3-5-12(17)8-11)10-18-15(22)19-13-6-7-20(2)14(21)9-13/h3-9,23H,10H2,1-2H3,(H2,18,19,22). The van der Waals surface area contributed by atoms with Crippen molar-refractivity contribution in [2.45, 2.75) is 12.5 Å². The first-order chi connectivity index (χ1) is 10.8. The van der Waals surface area contributed by atoms with E-state index in [9.17, 15) is 19.1 Å². The van der Waals surface area contributed by atoms with E-state index in [1.165, 1.54) is 42.0 Å². The van der Waals surface area contributed by atoms with Crippen LogP contribution in [-0.2, 0) is 12.6 Å². The monoisotopic (exact) mass is 319 g/mol. The lowest BCUT2D eigenvalue weighted by molar-refractivity contribution is 0.0596. The van der Waals surface area contributed by atoms with Crippen LogP contribution < -0.4 is 16.2 Å². The normalized spacial score (nSPS) is 13.2. The number of pyridine rings is 1. The molecular weight excluding hydrogens is 301 g/mol. The molecule has 0 saturated carbocycles. The van der Waals surface area contributed by atoms with Gasteiger partial charge < -0.3 is 20.3 Å². The molecule has 0 aliphatic carbocycles. The van der Waals surface area contributed by atoms with Crippen LogP contribution in [0.25, 0.3) is 0 Å². The first-order valence-electron chi connectivity index (χ1n) is 6.98. The van der Waals surface area contributed by atoms with Gasteiger partial charge in [0.05, 0.1) is 6.54 Å². The number of carbonyl (C=O) groups is 1. The molecule has 1 heterocycles. The van der Waals surface area contributed by atoms with E-state index in [1.807, 2.05) is 0 Å². The molecule has 0 spiro atoms. The number of anilines is 1. The third-order valence-electron chi connectivity index (χ3n) is 3.40. The summed E-state index contributed by atoms with van der Waals surface area (Å²) >= 11 is 0. The van der Waals surface area contributed by atoms with E-state index in [-0.39, 0.29) is 12.1 Å². The lowest BCUT2D eigenvalue weighted by Crippen LogP contribution is -2.40. The number of rotatable bonds is 4. The number of aryl methyl sites for hydroxylation is 1. The third kappa shape index (κ3) is 4.40. The second kappa shape index (κ2) is 6.62. The number of nitrogens with zero attached hydrogens (tertiary/aromatic N) is 1. The van der Waals surface area contributed by atoms with Gasteiger partial charge in [-0.1, -0.05) is 12.1 Å². The van der Waals surface area contributed by atoms with Gasteiger partial charge in [0.15, 0.2) is 0 Å². The van der Waals surface area contributed by atoms with Gasteiger partial charge in [-0.15, -0.1) is 0 Å². The Bertz CT molecular complexity index is 771. The third-order valence-corrected chi connectivity index (χ3v) is 3.40. The molecule has 1 unspecified atom stereocenters. The first-order valence-corrected chi connectivity index (χ1v) is 6.98. The second-order valence-electron chi connectivity index (χ2n) is 5.46. The maximum absolute atomic E-state index is 13.2. The molecule has 0 aliphatic heterocycles. The van der Waals surface area contributed by atoms with Crippen LogP contribution in [0.1, 0.15) is 12.5 Å². The minimum absolute atomic E-state index is 0.118. The number of hydrogen-bond donors (Lipinski definition) is 3. The van der Waals surface area contributed by atoms with Gasteiger partial charge in [0.1, 0.15) is 11.4 Å². The molecule has 2 rings (SSSR count). The molecule has 0 fully saturated rings. The molecule has 1 aromatic carbocycles. The Morgan fingerprint density at radius 1 is 1.35 bits per heavy atom. The zero-order chi connectivity index (χ0) is 17.0. The van der Waals surface area contributed by atoms with E-state index in [0.717, 1.165) is 0 Å². The van der Waals surface area contributed by atoms with Crippen molar-refractivity contribution in [2.24, 2.45) is 7.05 Å². The fourth-order valence-electron chi connectivity index (χ4n) is 1.98. The van der Waals surface area contributed by atoms with E-state index in [0.29, 0.717) is 11.3 Å². The molecule has 2 aromatic rings. The summed E-state index contributed by atoms with van der Waals surface area (Å²) in [5, 5.41) is 15.3. The number of hydrogen-bond acceptors (Lipinski definition) is 3. The van der Waals surface area contributed by atoms with Gasteiger partial charge in [0.25, 0.3) is 5.56 Å². The molecule has 1 aromatic heterocycles. The zero-order valence-electron chi connectivity index (χ0n) is 12.8. The second-order valence-corrected chi connectivity index (χ2v) is 5.46. The Balaban J connectivity index is 1.98. The molecule has 1 atom stereocenters. The van der Waals surface area contributed by atoms with Gasteiger partial charge in [0, 0.05) is 25.0 Å². The maximum atomic E-state index is 13.2. The molecule has 0 radical (unpaired) electrons. The van der Waals surface area contributed by atoms with Gasteiger partial charge >= 0.3 is 6.03 Å². The minimum atomic E-state index is -1.42. The number of aliphatic hydroxyl groups is 1. The predicted octanol–water partition coefficient (Wildman–Crippen LogP) is 1.55. The van der Waals surface area contributed by atoms with Gasteiger partial charge in [-0.2, -0.15) is 0 Å². The number of amides is 2. The number of carbonyl (C=O) groups excluding carboxylic acids is 1. The van der Waals surface area contributed by atoms with Gasteiger partial charge in [-0.25, -0.2) is 9.18 Å². The fraction of sp³-hybridized carbons (Fsp3) is 0.250. The summed E-state index contributed by atoms with van der Waals surface area (Å²) in [5.74, 6) is -0.465. The van der Waals surface area contributed by atoms with Crippen molar-refractivity contribution in [3.63, 3.8) is 0 Å².